The first kappa shape index (κ1) is 22.2. The molecule has 0 aliphatic carbocycles. The summed E-state index contributed by atoms with van der Waals surface area (Å²) in [6.07, 6.45) is 2.97. The normalized spacial score (nSPS) is 11.4. The van der Waals surface area contributed by atoms with Gasteiger partial charge in [-0.3, -0.25) is 9.79 Å². The summed E-state index contributed by atoms with van der Waals surface area (Å²) in [5.41, 5.74) is 4.76. The lowest BCUT2D eigenvalue weighted by Gasteiger charge is -2.13. The number of benzene rings is 2. The molecule has 3 aromatic rings. The number of nitrogens with zero attached hydrogens (tertiary/aromatic N) is 1. The van der Waals surface area contributed by atoms with Crippen LogP contribution < -0.4 is 20.7 Å². The van der Waals surface area contributed by atoms with Gasteiger partial charge in [-0.2, -0.15) is 0 Å². The molecule has 1 heterocycles. The van der Waals surface area contributed by atoms with Crippen LogP contribution >= 0.6 is 0 Å². The molecule has 3 rings (SSSR count). The zero-order valence-electron chi connectivity index (χ0n) is 18.4. The molecule has 31 heavy (non-hydrogen) atoms. The second-order valence-corrected chi connectivity index (χ2v) is 7.36. The first-order valence-corrected chi connectivity index (χ1v) is 10.6. The number of hydrogen-bond acceptors (Lipinski definition) is 3. The van der Waals surface area contributed by atoms with Crippen LogP contribution in [0.2, 0.25) is 0 Å². The van der Waals surface area contributed by atoms with Gasteiger partial charge in [0.15, 0.2) is 12.6 Å². The Hall–Kier alpha value is -3.48. The molecule has 0 saturated carbocycles. The summed E-state index contributed by atoms with van der Waals surface area (Å²) in [5.74, 6) is 1.29. The number of rotatable bonds is 9. The fourth-order valence-corrected chi connectivity index (χ4v) is 3.37. The van der Waals surface area contributed by atoms with E-state index in [0.29, 0.717) is 18.8 Å². The van der Waals surface area contributed by atoms with Gasteiger partial charge in [-0.1, -0.05) is 24.3 Å². The molecule has 0 aliphatic heterocycles. The van der Waals surface area contributed by atoms with E-state index in [0.717, 1.165) is 24.5 Å². The van der Waals surface area contributed by atoms with Crippen molar-refractivity contribution in [3.8, 4) is 5.75 Å². The third kappa shape index (κ3) is 6.50. The number of aliphatic imine (C=N–C) groups is 1. The highest BCUT2D eigenvalue weighted by Gasteiger charge is 2.06. The van der Waals surface area contributed by atoms with E-state index in [1.807, 2.05) is 31.2 Å². The van der Waals surface area contributed by atoms with Gasteiger partial charge in [0.2, 0.25) is 0 Å². The molecule has 0 saturated heterocycles. The molecular weight excluding hydrogens is 390 g/mol. The Balaban J connectivity index is 1.47. The van der Waals surface area contributed by atoms with Crippen molar-refractivity contribution in [3.05, 3.63) is 65.4 Å². The topological polar surface area (TPSA) is 90.5 Å². The van der Waals surface area contributed by atoms with Gasteiger partial charge in [-0.15, -0.1) is 0 Å². The van der Waals surface area contributed by atoms with Crippen LogP contribution in [0.4, 0.5) is 0 Å². The third-order valence-electron chi connectivity index (χ3n) is 4.94. The predicted molar refractivity (Wildman–Crippen MR) is 126 cm³/mol. The molecule has 1 amide bonds. The SMILES string of the molecule is CCNC(=O)COc1cccc(CNC(=NC)NCCc2c[nH]c3cc(C)ccc23)c1. The number of aromatic amines is 1. The number of likely N-dealkylation sites (N-methyl/N-ethyl adjacent to an activating group) is 1. The number of amides is 1. The molecule has 0 spiro atoms. The van der Waals surface area contributed by atoms with Gasteiger partial charge in [0, 0.05) is 43.8 Å². The Morgan fingerprint density at radius 2 is 2.00 bits per heavy atom. The molecule has 0 aliphatic rings. The molecule has 0 radical (unpaired) electrons. The number of carbonyl (C=O) groups is 1. The van der Waals surface area contributed by atoms with Gasteiger partial charge >= 0.3 is 0 Å². The average molecular weight is 422 g/mol. The minimum absolute atomic E-state index is 0.0152. The van der Waals surface area contributed by atoms with Crippen LogP contribution in [0.3, 0.4) is 0 Å². The quantitative estimate of drug-likeness (QED) is 0.316. The van der Waals surface area contributed by atoms with Gasteiger partial charge in [-0.05, 0) is 55.2 Å². The van der Waals surface area contributed by atoms with Crippen molar-refractivity contribution in [2.45, 2.75) is 26.8 Å². The van der Waals surface area contributed by atoms with Crippen LogP contribution in [0, 0.1) is 6.92 Å². The maximum Gasteiger partial charge on any atom is 0.257 e. The fourth-order valence-electron chi connectivity index (χ4n) is 3.37. The van der Waals surface area contributed by atoms with Crippen LogP contribution in [0.15, 0.2) is 53.7 Å². The predicted octanol–water partition coefficient (Wildman–Crippen LogP) is 2.90. The minimum Gasteiger partial charge on any atom is -0.484 e. The van der Waals surface area contributed by atoms with E-state index in [-0.39, 0.29) is 12.5 Å². The van der Waals surface area contributed by atoms with Crippen LogP contribution in [0.5, 0.6) is 5.75 Å². The molecule has 0 unspecified atom stereocenters. The number of hydrogen-bond donors (Lipinski definition) is 4. The Bertz CT molecular complexity index is 1040. The van der Waals surface area contributed by atoms with Gasteiger partial charge in [0.1, 0.15) is 5.75 Å². The van der Waals surface area contributed by atoms with E-state index in [1.165, 1.54) is 22.0 Å². The van der Waals surface area contributed by atoms with Crippen molar-refractivity contribution in [2.24, 2.45) is 4.99 Å². The summed E-state index contributed by atoms with van der Waals surface area (Å²) in [6, 6.07) is 14.2. The van der Waals surface area contributed by atoms with E-state index in [2.05, 4.69) is 57.2 Å². The highest BCUT2D eigenvalue weighted by atomic mass is 16.5. The van der Waals surface area contributed by atoms with Crippen LogP contribution in [-0.4, -0.2) is 43.6 Å². The summed E-state index contributed by atoms with van der Waals surface area (Å²) < 4.78 is 5.55. The van der Waals surface area contributed by atoms with E-state index in [9.17, 15) is 4.79 Å². The van der Waals surface area contributed by atoms with E-state index in [1.54, 1.807) is 7.05 Å². The smallest absolute Gasteiger partial charge is 0.257 e. The van der Waals surface area contributed by atoms with Gasteiger partial charge in [0.25, 0.3) is 5.91 Å². The summed E-state index contributed by atoms with van der Waals surface area (Å²) in [7, 11) is 1.76. The molecule has 7 nitrogen and oxygen atoms in total. The molecule has 4 N–H and O–H groups in total. The summed E-state index contributed by atoms with van der Waals surface area (Å²) >= 11 is 0. The van der Waals surface area contributed by atoms with Crippen molar-refractivity contribution in [3.63, 3.8) is 0 Å². The van der Waals surface area contributed by atoms with Crippen molar-refractivity contribution in [1.29, 1.82) is 0 Å². The third-order valence-corrected chi connectivity index (χ3v) is 4.94. The number of ether oxygens (including phenoxy) is 1. The number of guanidine groups is 1. The lowest BCUT2D eigenvalue weighted by molar-refractivity contribution is -0.122. The monoisotopic (exact) mass is 421 g/mol. The number of nitrogens with one attached hydrogen (secondary N) is 4. The number of aryl methyl sites for hydroxylation is 1. The first-order chi connectivity index (χ1) is 15.1. The molecule has 0 atom stereocenters. The zero-order chi connectivity index (χ0) is 22.1. The number of aromatic nitrogens is 1. The Morgan fingerprint density at radius 3 is 2.81 bits per heavy atom. The van der Waals surface area contributed by atoms with Crippen LogP contribution in [-0.2, 0) is 17.8 Å². The number of carbonyl (C=O) groups excluding carboxylic acids is 1. The van der Waals surface area contributed by atoms with Gasteiger partial charge in [0.05, 0.1) is 0 Å². The molecule has 7 heteroatoms. The molecule has 1 aromatic heterocycles. The van der Waals surface area contributed by atoms with Crippen molar-refractivity contribution < 1.29 is 9.53 Å². The molecule has 2 aromatic carbocycles. The Morgan fingerprint density at radius 1 is 1.13 bits per heavy atom. The average Bonchev–Trinajstić information content (AvgIpc) is 3.17. The Labute approximate surface area is 183 Å². The number of H-pyrrole nitrogens is 1. The van der Waals surface area contributed by atoms with Crippen molar-refractivity contribution in [2.75, 3.05) is 26.7 Å². The zero-order valence-corrected chi connectivity index (χ0v) is 18.4. The second-order valence-electron chi connectivity index (χ2n) is 7.36. The second kappa shape index (κ2) is 11.1. The van der Waals surface area contributed by atoms with Crippen LogP contribution in [0.25, 0.3) is 10.9 Å². The largest absolute Gasteiger partial charge is 0.484 e. The van der Waals surface area contributed by atoms with E-state index >= 15 is 0 Å². The van der Waals surface area contributed by atoms with Crippen LogP contribution in [0.1, 0.15) is 23.6 Å². The van der Waals surface area contributed by atoms with Gasteiger partial charge < -0.3 is 25.7 Å². The van der Waals surface area contributed by atoms with Crippen molar-refractivity contribution in [1.82, 2.24) is 20.9 Å². The lowest BCUT2D eigenvalue weighted by atomic mass is 10.1. The van der Waals surface area contributed by atoms with Crippen molar-refractivity contribution >= 4 is 22.8 Å². The molecular formula is C24H31N5O2. The highest BCUT2D eigenvalue weighted by molar-refractivity contribution is 5.84. The standard InChI is InChI=1S/C24H31N5O2/c1-4-26-23(30)16-31-20-7-5-6-18(13-20)14-29-24(25-3)27-11-10-19-15-28-22-12-17(2)8-9-21(19)22/h5-9,12-13,15,28H,4,10-11,14,16H2,1-3H3,(H,26,30)(H2,25,27,29). The lowest BCUT2D eigenvalue weighted by Crippen LogP contribution is -2.37. The maximum absolute atomic E-state index is 11.6. The highest BCUT2D eigenvalue weighted by Crippen LogP contribution is 2.19. The fraction of sp³-hybridized carbons (Fsp3) is 0.333. The maximum atomic E-state index is 11.6. The minimum atomic E-state index is -0.124. The summed E-state index contributed by atoms with van der Waals surface area (Å²) in [5, 5.41) is 10.7. The van der Waals surface area contributed by atoms with Gasteiger partial charge in [-0.25, -0.2) is 0 Å². The summed E-state index contributed by atoms with van der Waals surface area (Å²) in [4.78, 5) is 19.2. The van der Waals surface area contributed by atoms with E-state index in [4.69, 9.17) is 4.74 Å². The summed E-state index contributed by atoms with van der Waals surface area (Å²) in [6.45, 7) is 5.97. The molecule has 0 bridgehead atoms. The first-order valence-electron chi connectivity index (χ1n) is 10.6. The van der Waals surface area contributed by atoms with E-state index < -0.39 is 0 Å². The molecule has 0 fully saturated rings. The molecule has 164 valence electrons. The number of fused-ring (bicyclic) bond motifs is 1. The Kier molecular flexibility index (Phi) is 7.92.